The Hall–Kier alpha value is -1.02. The zero-order valence-electron chi connectivity index (χ0n) is 7.67. The second kappa shape index (κ2) is 3.24. The van der Waals surface area contributed by atoms with Crippen LogP contribution < -0.4 is 5.73 Å². The summed E-state index contributed by atoms with van der Waals surface area (Å²) < 4.78 is 33.0. The number of aryl methyl sites for hydroxylation is 1. The van der Waals surface area contributed by atoms with E-state index in [1.165, 1.54) is 6.92 Å². The first-order valence-electron chi connectivity index (χ1n) is 4.06. The van der Waals surface area contributed by atoms with Crippen LogP contribution in [0.15, 0.2) is 9.15 Å². The van der Waals surface area contributed by atoms with Crippen LogP contribution in [0.4, 0.5) is 8.78 Å². The molecule has 5 nitrogen and oxygen atoms in total. The molecule has 0 radical (unpaired) electrons. The number of hydrogen-bond donors (Lipinski definition) is 1. The van der Waals surface area contributed by atoms with E-state index in [0.717, 1.165) is 4.52 Å². The van der Waals surface area contributed by atoms with E-state index in [9.17, 15) is 8.78 Å². The lowest BCUT2D eigenvalue weighted by Gasteiger charge is -2.11. The Labute approximate surface area is 91.4 Å². The standard InChI is InChI=1S/C7H7BrF2N4O/c1-3-4(7(9,10)2-11)14-6(15-3)12-5(8)13-14/h2,11H2,1H3. The fourth-order valence-electron chi connectivity index (χ4n) is 1.33. The van der Waals surface area contributed by atoms with Crippen molar-refractivity contribution in [1.82, 2.24) is 14.6 Å². The van der Waals surface area contributed by atoms with Crippen molar-refractivity contribution in [3.63, 3.8) is 0 Å². The fraction of sp³-hybridized carbons (Fsp3) is 0.429. The predicted molar refractivity (Wildman–Crippen MR) is 50.6 cm³/mol. The van der Waals surface area contributed by atoms with Gasteiger partial charge >= 0.3 is 11.8 Å². The Morgan fingerprint density at radius 2 is 2.27 bits per heavy atom. The highest BCUT2D eigenvalue weighted by Gasteiger charge is 2.37. The molecule has 2 aromatic rings. The number of oxazole rings is 1. The molecule has 0 aromatic carbocycles. The molecule has 15 heavy (non-hydrogen) atoms. The number of hydrogen-bond acceptors (Lipinski definition) is 4. The number of nitrogens with zero attached hydrogens (tertiary/aromatic N) is 3. The summed E-state index contributed by atoms with van der Waals surface area (Å²) in [7, 11) is 0. The monoisotopic (exact) mass is 280 g/mol. The lowest BCUT2D eigenvalue weighted by Crippen LogP contribution is -2.27. The zero-order valence-corrected chi connectivity index (χ0v) is 9.25. The smallest absolute Gasteiger partial charge is 0.326 e. The lowest BCUT2D eigenvalue weighted by molar-refractivity contribution is -0.00173. The predicted octanol–water partition coefficient (Wildman–Crippen LogP) is 1.44. The van der Waals surface area contributed by atoms with E-state index in [2.05, 4.69) is 26.0 Å². The van der Waals surface area contributed by atoms with E-state index < -0.39 is 12.5 Å². The third kappa shape index (κ3) is 1.53. The summed E-state index contributed by atoms with van der Waals surface area (Å²) in [5, 5.41) is 3.74. The van der Waals surface area contributed by atoms with E-state index >= 15 is 0 Å². The van der Waals surface area contributed by atoms with Gasteiger partial charge in [0.25, 0.3) is 0 Å². The van der Waals surface area contributed by atoms with Gasteiger partial charge in [0.05, 0.1) is 6.54 Å². The van der Waals surface area contributed by atoms with E-state index in [1.807, 2.05) is 0 Å². The molecule has 82 valence electrons. The largest absolute Gasteiger partial charge is 0.427 e. The van der Waals surface area contributed by atoms with Crippen LogP contribution in [-0.4, -0.2) is 21.1 Å². The molecular formula is C7H7BrF2N4O. The van der Waals surface area contributed by atoms with E-state index in [1.54, 1.807) is 0 Å². The molecule has 0 unspecified atom stereocenters. The van der Waals surface area contributed by atoms with Gasteiger partial charge in [-0.15, -0.1) is 5.10 Å². The first-order valence-corrected chi connectivity index (χ1v) is 4.85. The maximum absolute atomic E-state index is 13.4. The van der Waals surface area contributed by atoms with Crippen molar-refractivity contribution >= 4 is 21.8 Å². The van der Waals surface area contributed by atoms with Gasteiger partial charge in [-0.3, -0.25) is 0 Å². The molecule has 0 fully saturated rings. The first kappa shape index (κ1) is 10.5. The molecular weight excluding hydrogens is 274 g/mol. The van der Waals surface area contributed by atoms with E-state index in [0.29, 0.717) is 0 Å². The molecule has 0 atom stereocenters. The second-order valence-corrected chi connectivity index (χ2v) is 3.70. The quantitative estimate of drug-likeness (QED) is 0.904. The molecule has 0 spiro atoms. The summed E-state index contributed by atoms with van der Waals surface area (Å²) in [4.78, 5) is 3.77. The molecule has 0 aliphatic rings. The maximum atomic E-state index is 13.4. The Morgan fingerprint density at radius 1 is 1.60 bits per heavy atom. The average Bonchev–Trinajstić information content (AvgIpc) is 2.59. The molecule has 0 aliphatic heterocycles. The Balaban J connectivity index is 2.72. The minimum atomic E-state index is -3.18. The van der Waals surface area contributed by atoms with Crippen LogP contribution in [0.5, 0.6) is 0 Å². The summed E-state index contributed by atoms with van der Waals surface area (Å²) in [6.07, 6.45) is 0. The minimum absolute atomic E-state index is 0.0162. The molecule has 0 bridgehead atoms. The van der Waals surface area contributed by atoms with Crippen molar-refractivity contribution in [2.45, 2.75) is 12.8 Å². The summed E-state index contributed by atoms with van der Waals surface area (Å²) in [5.74, 6) is -3.10. The van der Waals surface area contributed by atoms with Gasteiger partial charge < -0.3 is 10.2 Å². The van der Waals surface area contributed by atoms with Crippen LogP contribution in [0.3, 0.4) is 0 Å². The number of alkyl halides is 2. The van der Waals surface area contributed by atoms with E-state index in [4.69, 9.17) is 10.2 Å². The normalized spacial score (nSPS) is 12.6. The van der Waals surface area contributed by atoms with Crippen LogP contribution in [0.2, 0.25) is 0 Å². The van der Waals surface area contributed by atoms with Crippen LogP contribution >= 0.6 is 15.9 Å². The Kier molecular flexibility index (Phi) is 2.27. The molecule has 8 heteroatoms. The topological polar surface area (TPSA) is 69.3 Å². The molecule has 2 N–H and O–H groups in total. The molecule has 0 saturated carbocycles. The number of halogens is 3. The number of fused-ring (bicyclic) bond motifs is 1. The van der Waals surface area contributed by atoms with Crippen LogP contribution in [-0.2, 0) is 5.92 Å². The SMILES string of the molecule is Cc1oc2nc(Br)nn2c1C(F)(F)CN. The highest BCUT2D eigenvalue weighted by atomic mass is 79.9. The van der Waals surface area contributed by atoms with Crippen molar-refractivity contribution in [3.05, 3.63) is 16.2 Å². The van der Waals surface area contributed by atoms with Crippen molar-refractivity contribution < 1.29 is 13.2 Å². The maximum Gasteiger partial charge on any atom is 0.326 e. The van der Waals surface area contributed by atoms with Crippen LogP contribution in [0.1, 0.15) is 11.5 Å². The van der Waals surface area contributed by atoms with Gasteiger partial charge in [0.15, 0.2) is 5.69 Å². The second-order valence-electron chi connectivity index (χ2n) is 2.99. The van der Waals surface area contributed by atoms with Gasteiger partial charge in [0, 0.05) is 0 Å². The summed E-state index contributed by atoms with van der Waals surface area (Å²) in [5.41, 5.74) is 4.64. The highest BCUT2D eigenvalue weighted by molar-refractivity contribution is 9.10. The van der Waals surface area contributed by atoms with E-state index in [-0.39, 0.29) is 22.0 Å². The van der Waals surface area contributed by atoms with Crippen LogP contribution in [0.25, 0.3) is 5.84 Å². The van der Waals surface area contributed by atoms with Gasteiger partial charge in [-0.05, 0) is 22.9 Å². The third-order valence-electron chi connectivity index (χ3n) is 1.94. The molecule has 2 rings (SSSR count). The Bertz CT molecular complexity index is 506. The number of aromatic nitrogens is 3. The third-order valence-corrected chi connectivity index (χ3v) is 2.28. The van der Waals surface area contributed by atoms with Gasteiger partial charge in [-0.1, -0.05) is 0 Å². The van der Waals surface area contributed by atoms with Crippen molar-refractivity contribution in [3.8, 4) is 0 Å². The van der Waals surface area contributed by atoms with Crippen molar-refractivity contribution in [1.29, 1.82) is 0 Å². The van der Waals surface area contributed by atoms with Crippen molar-refractivity contribution in [2.75, 3.05) is 6.54 Å². The first-order chi connectivity index (χ1) is 6.95. The van der Waals surface area contributed by atoms with Crippen molar-refractivity contribution in [2.24, 2.45) is 5.73 Å². The average molecular weight is 281 g/mol. The molecule has 2 heterocycles. The van der Waals surface area contributed by atoms with Gasteiger partial charge in [-0.2, -0.15) is 18.3 Å². The summed E-state index contributed by atoms with van der Waals surface area (Å²) in [6, 6.07) is 0. The van der Waals surface area contributed by atoms with Crippen LogP contribution in [0, 0.1) is 6.92 Å². The van der Waals surface area contributed by atoms with Gasteiger partial charge in [0.1, 0.15) is 5.76 Å². The summed E-state index contributed by atoms with van der Waals surface area (Å²) in [6.45, 7) is 0.614. The molecule has 0 amide bonds. The number of nitrogens with two attached hydrogens (primary N) is 1. The minimum Gasteiger partial charge on any atom is -0.427 e. The molecule has 0 aliphatic carbocycles. The zero-order chi connectivity index (χ0) is 11.2. The Morgan fingerprint density at radius 3 is 2.87 bits per heavy atom. The number of rotatable bonds is 2. The van der Waals surface area contributed by atoms with Gasteiger partial charge in [-0.25, -0.2) is 0 Å². The summed E-state index contributed by atoms with van der Waals surface area (Å²) >= 11 is 2.97. The highest BCUT2D eigenvalue weighted by Crippen LogP contribution is 2.31. The lowest BCUT2D eigenvalue weighted by atomic mass is 10.2. The van der Waals surface area contributed by atoms with Gasteiger partial charge in [0.2, 0.25) is 4.73 Å². The fourth-order valence-corrected chi connectivity index (χ4v) is 1.64. The molecule has 0 saturated heterocycles. The molecule has 2 aromatic heterocycles.